The van der Waals surface area contributed by atoms with E-state index in [9.17, 15) is 19.2 Å². The molecule has 2 heterocycles. The number of hydrogen-bond donors (Lipinski definition) is 3. The Morgan fingerprint density at radius 3 is 2.44 bits per heavy atom. The molecule has 0 radical (unpaired) electrons. The zero-order valence-electron chi connectivity index (χ0n) is 23.4. The van der Waals surface area contributed by atoms with E-state index in [0.29, 0.717) is 18.9 Å². The van der Waals surface area contributed by atoms with Crippen molar-refractivity contribution in [2.24, 2.45) is 34.8 Å². The van der Waals surface area contributed by atoms with Gasteiger partial charge in [-0.25, -0.2) is 4.98 Å². The lowest BCUT2D eigenvalue weighted by Crippen LogP contribution is -2.58. The number of rotatable bonds is 11. The van der Waals surface area contributed by atoms with Gasteiger partial charge in [0, 0.05) is 11.9 Å². The maximum atomic E-state index is 14.3. The molecule has 1 saturated heterocycles. The van der Waals surface area contributed by atoms with Crippen molar-refractivity contribution in [3.05, 3.63) is 11.1 Å². The Hall–Kier alpha value is -2.49. The van der Waals surface area contributed by atoms with E-state index >= 15 is 0 Å². The van der Waals surface area contributed by atoms with E-state index in [1.165, 1.54) is 17.8 Å². The van der Waals surface area contributed by atoms with E-state index in [1.807, 2.05) is 5.38 Å². The van der Waals surface area contributed by atoms with Gasteiger partial charge in [-0.2, -0.15) is 0 Å². The highest BCUT2D eigenvalue weighted by Gasteiger charge is 2.69. The molecule has 3 saturated carbocycles. The number of piperidine rings is 1. The maximum absolute atomic E-state index is 14.3. The Morgan fingerprint density at radius 1 is 1.13 bits per heavy atom. The third-order valence-electron chi connectivity index (χ3n) is 10.0. The van der Waals surface area contributed by atoms with Crippen LogP contribution in [-0.2, 0) is 25.6 Å². The van der Waals surface area contributed by atoms with Crippen LogP contribution in [0.1, 0.15) is 84.3 Å². The van der Waals surface area contributed by atoms with Gasteiger partial charge in [0.1, 0.15) is 12.1 Å². The van der Waals surface area contributed by atoms with Gasteiger partial charge < -0.3 is 21.3 Å². The van der Waals surface area contributed by atoms with Crippen LogP contribution in [-0.4, -0.2) is 58.1 Å². The SMILES string of the molecule is CCc1csc(N[C@H](C(=O)N2C[C@@H]3C([C@H]2C(=O)NC(CC2CCC2)C(=O)C(N)=O)C3(C)C)C2CCCCC2)n1. The van der Waals surface area contributed by atoms with Crippen LogP contribution < -0.4 is 16.4 Å². The summed E-state index contributed by atoms with van der Waals surface area (Å²) in [5.41, 5.74) is 6.28. The molecular weight excluding hydrogens is 514 g/mol. The van der Waals surface area contributed by atoms with Crippen molar-refractivity contribution < 1.29 is 19.2 Å². The first-order chi connectivity index (χ1) is 18.6. The summed E-state index contributed by atoms with van der Waals surface area (Å²) in [6.45, 7) is 6.87. The van der Waals surface area contributed by atoms with Gasteiger partial charge in [-0.3, -0.25) is 19.2 Å². The molecule has 0 bridgehead atoms. The fourth-order valence-electron chi connectivity index (χ4n) is 7.23. The van der Waals surface area contributed by atoms with E-state index in [2.05, 4.69) is 36.4 Å². The molecule has 3 aliphatic carbocycles. The quantitative estimate of drug-likeness (QED) is 0.358. The Kier molecular flexibility index (Phi) is 8.04. The van der Waals surface area contributed by atoms with E-state index < -0.39 is 29.8 Å². The summed E-state index contributed by atoms with van der Waals surface area (Å²) in [5.74, 6) is -1.45. The summed E-state index contributed by atoms with van der Waals surface area (Å²) in [5, 5.41) is 9.12. The zero-order chi connectivity index (χ0) is 27.9. The van der Waals surface area contributed by atoms with Gasteiger partial charge in [-0.1, -0.05) is 59.3 Å². The van der Waals surface area contributed by atoms with Crippen molar-refractivity contribution in [2.75, 3.05) is 11.9 Å². The van der Waals surface area contributed by atoms with Gasteiger partial charge in [0.15, 0.2) is 5.13 Å². The molecule has 0 spiro atoms. The van der Waals surface area contributed by atoms with Crippen LogP contribution in [0, 0.1) is 29.1 Å². The molecule has 10 heteroatoms. The first-order valence-electron chi connectivity index (χ1n) is 14.8. The number of nitrogens with zero attached hydrogens (tertiary/aromatic N) is 2. The number of ketones is 1. The highest BCUT2D eigenvalue weighted by atomic mass is 32.1. The Balaban J connectivity index is 1.38. The average molecular weight is 558 g/mol. The lowest BCUT2D eigenvalue weighted by atomic mass is 9.80. The van der Waals surface area contributed by atoms with E-state index in [0.717, 1.165) is 62.2 Å². The molecule has 214 valence electrons. The van der Waals surface area contributed by atoms with Crippen LogP contribution in [0.15, 0.2) is 5.38 Å². The van der Waals surface area contributed by atoms with Gasteiger partial charge in [0.2, 0.25) is 17.6 Å². The highest BCUT2D eigenvalue weighted by molar-refractivity contribution is 7.13. The minimum atomic E-state index is -1.03. The summed E-state index contributed by atoms with van der Waals surface area (Å²) in [7, 11) is 0. The second kappa shape index (κ2) is 11.2. The number of carbonyl (C=O) groups is 4. The number of likely N-dealkylation sites (tertiary alicyclic amines) is 1. The van der Waals surface area contributed by atoms with Crippen LogP contribution in [0.25, 0.3) is 0 Å². The molecule has 2 unspecified atom stereocenters. The van der Waals surface area contributed by atoms with Crippen LogP contribution >= 0.6 is 11.3 Å². The molecule has 39 heavy (non-hydrogen) atoms. The van der Waals surface area contributed by atoms with E-state index in [-0.39, 0.29) is 35.0 Å². The molecule has 3 amide bonds. The standard InChI is InChI=1S/C29H43N5O4S/c1-4-18-15-39-28(31-18)33-22(17-11-6-5-7-12-17)27(38)34-14-19-21(29(19,2)3)23(34)26(37)32-20(24(35)25(30)36)13-16-9-8-10-16/h15-17,19-23H,4-14H2,1-3H3,(H2,30,36)(H,31,33)(H,32,37)/t19-,20?,21?,22+,23+/m1/s1. The molecule has 5 rings (SSSR count). The second-order valence-corrected chi connectivity index (χ2v) is 13.6. The summed E-state index contributed by atoms with van der Waals surface area (Å²) >= 11 is 1.52. The van der Waals surface area contributed by atoms with Gasteiger partial charge in [-0.15, -0.1) is 11.3 Å². The van der Waals surface area contributed by atoms with Crippen LogP contribution in [0.3, 0.4) is 0 Å². The predicted octanol–water partition coefficient (Wildman–Crippen LogP) is 3.28. The van der Waals surface area contributed by atoms with Crippen molar-refractivity contribution in [3.63, 3.8) is 0 Å². The monoisotopic (exact) mass is 557 g/mol. The van der Waals surface area contributed by atoms with Crippen molar-refractivity contribution in [3.8, 4) is 0 Å². The maximum Gasteiger partial charge on any atom is 0.287 e. The fraction of sp³-hybridized carbons (Fsp3) is 0.759. The number of nitrogens with one attached hydrogen (secondary N) is 2. The van der Waals surface area contributed by atoms with Crippen LogP contribution in [0.5, 0.6) is 0 Å². The molecule has 1 aromatic heterocycles. The lowest BCUT2D eigenvalue weighted by molar-refractivity contribution is -0.144. The fourth-order valence-corrected chi connectivity index (χ4v) is 8.06. The summed E-state index contributed by atoms with van der Waals surface area (Å²) in [4.78, 5) is 59.0. The van der Waals surface area contributed by atoms with Gasteiger partial charge >= 0.3 is 0 Å². The Labute approximate surface area is 235 Å². The highest BCUT2D eigenvalue weighted by Crippen LogP contribution is 2.65. The predicted molar refractivity (Wildman–Crippen MR) is 150 cm³/mol. The number of anilines is 1. The number of amides is 3. The molecule has 1 aliphatic heterocycles. The summed E-state index contributed by atoms with van der Waals surface area (Å²) in [6.07, 6.45) is 9.60. The number of primary amides is 1. The molecule has 4 aliphatic rings. The zero-order valence-corrected chi connectivity index (χ0v) is 24.2. The molecule has 4 N–H and O–H groups in total. The second-order valence-electron chi connectivity index (χ2n) is 12.7. The number of hydrogen-bond acceptors (Lipinski definition) is 7. The molecule has 1 aromatic rings. The van der Waals surface area contributed by atoms with E-state index in [1.54, 1.807) is 4.90 Å². The molecular formula is C29H43N5O4S. The Morgan fingerprint density at radius 2 is 1.85 bits per heavy atom. The average Bonchev–Trinajstić information content (AvgIpc) is 3.28. The number of thiazole rings is 1. The van der Waals surface area contributed by atoms with Gasteiger partial charge in [0.25, 0.3) is 5.91 Å². The molecule has 9 nitrogen and oxygen atoms in total. The normalized spacial score (nSPS) is 27.7. The smallest absolute Gasteiger partial charge is 0.287 e. The summed E-state index contributed by atoms with van der Waals surface area (Å²) in [6, 6.07) is -2.05. The summed E-state index contributed by atoms with van der Waals surface area (Å²) < 4.78 is 0. The number of aryl methyl sites for hydroxylation is 1. The number of carbonyl (C=O) groups excluding carboxylic acids is 4. The number of nitrogens with two attached hydrogens (primary N) is 1. The third kappa shape index (κ3) is 5.58. The largest absolute Gasteiger partial charge is 0.363 e. The first-order valence-corrected chi connectivity index (χ1v) is 15.6. The molecule has 5 atom stereocenters. The third-order valence-corrected chi connectivity index (χ3v) is 10.8. The molecule has 0 aromatic carbocycles. The van der Waals surface area contributed by atoms with Gasteiger partial charge in [0.05, 0.1) is 11.7 Å². The minimum Gasteiger partial charge on any atom is -0.363 e. The number of fused-ring (bicyclic) bond motifs is 1. The lowest BCUT2D eigenvalue weighted by Gasteiger charge is -2.37. The van der Waals surface area contributed by atoms with Crippen molar-refractivity contribution in [1.29, 1.82) is 0 Å². The van der Waals surface area contributed by atoms with E-state index in [4.69, 9.17) is 5.73 Å². The Bertz CT molecular complexity index is 1110. The van der Waals surface area contributed by atoms with Crippen molar-refractivity contribution in [2.45, 2.75) is 103 Å². The van der Waals surface area contributed by atoms with Crippen LogP contribution in [0.2, 0.25) is 0 Å². The van der Waals surface area contributed by atoms with Gasteiger partial charge in [-0.05, 0) is 54.8 Å². The number of Topliss-reactive ketones (excluding diaryl/α,β-unsaturated/α-hetero) is 1. The number of aromatic nitrogens is 1. The first kappa shape index (κ1) is 28.1. The molecule has 4 fully saturated rings. The van der Waals surface area contributed by atoms with Crippen LogP contribution in [0.4, 0.5) is 5.13 Å². The van der Waals surface area contributed by atoms with Crippen molar-refractivity contribution >= 4 is 40.0 Å². The topological polar surface area (TPSA) is 134 Å². The van der Waals surface area contributed by atoms with Crippen molar-refractivity contribution in [1.82, 2.24) is 15.2 Å². The minimum absolute atomic E-state index is 0.0213.